The predicted molar refractivity (Wildman–Crippen MR) is 70.0 cm³/mol. The Kier molecular flexibility index (Phi) is 6.40. The van der Waals surface area contributed by atoms with E-state index in [9.17, 15) is 24.9 Å². The van der Waals surface area contributed by atoms with Crippen LogP contribution in [0.15, 0.2) is 30.3 Å². The smallest absolute Gasteiger partial charge is 0.258 e. The van der Waals surface area contributed by atoms with Crippen LogP contribution in [0.2, 0.25) is 0 Å². The molecule has 0 fully saturated rings. The number of carbonyl (C=O) groups is 2. The molecular weight excluding hydrogens is 282 g/mol. The molecule has 1 rings (SSSR count). The van der Waals surface area contributed by atoms with Gasteiger partial charge in [-0.05, 0) is 12.1 Å². The summed E-state index contributed by atoms with van der Waals surface area (Å²) in [5.41, 5.74) is 0.170. The van der Waals surface area contributed by atoms with Gasteiger partial charge in [0.05, 0.1) is 6.61 Å². The number of aliphatic hydroxyl groups is 5. The van der Waals surface area contributed by atoms with Crippen LogP contribution in [0.3, 0.4) is 0 Å². The maximum atomic E-state index is 11.7. The van der Waals surface area contributed by atoms with Crippen LogP contribution in [-0.2, 0) is 4.79 Å². The number of amides is 2. The highest BCUT2D eigenvalue weighted by atomic mass is 16.4. The first kappa shape index (κ1) is 17.2. The number of hydrogen-bond donors (Lipinski definition) is 6. The van der Waals surface area contributed by atoms with Gasteiger partial charge in [0.2, 0.25) is 0 Å². The van der Waals surface area contributed by atoms with Gasteiger partial charge in [-0.15, -0.1) is 0 Å². The number of benzene rings is 1. The van der Waals surface area contributed by atoms with Gasteiger partial charge in [0.15, 0.2) is 6.10 Å². The van der Waals surface area contributed by atoms with Crippen molar-refractivity contribution >= 4 is 11.8 Å². The van der Waals surface area contributed by atoms with Crippen molar-refractivity contribution in [3.8, 4) is 0 Å². The molecule has 0 saturated heterocycles. The van der Waals surface area contributed by atoms with Crippen molar-refractivity contribution in [1.82, 2.24) is 5.32 Å². The Labute approximate surface area is 120 Å². The molecule has 8 heteroatoms. The lowest BCUT2D eigenvalue weighted by Gasteiger charge is -2.24. The van der Waals surface area contributed by atoms with Crippen LogP contribution < -0.4 is 5.32 Å². The van der Waals surface area contributed by atoms with E-state index >= 15 is 0 Å². The second-order valence-corrected chi connectivity index (χ2v) is 4.36. The van der Waals surface area contributed by atoms with Crippen LogP contribution in [0.5, 0.6) is 0 Å². The van der Waals surface area contributed by atoms with Gasteiger partial charge in [0.25, 0.3) is 11.8 Å². The number of aliphatic hydroxyl groups excluding tert-OH is 5. The molecule has 0 bridgehead atoms. The van der Waals surface area contributed by atoms with E-state index in [-0.39, 0.29) is 5.56 Å². The van der Waals surface area contributed by atoms with Crippen molar-refractivity contribution in [2.75, 3.05) is 6.61 Å². The van der Waals surface area contributed by atoms with E-state index in [4.69, 9.17) is 10.2 Å². The average molecular weight is 299 g/mol. The molecule has 4 unspecified atom stereocenters. The van der Waals surface area contributed by atoms with Gasteiger partial charge in [0, 0.05) is 5.56 Å². The Hall–Kier alpha value is -1.84. The van der Waals surface area contributed by atoms with Gasteiger partial charge in [-0.2, -0.15) is 0 Å². The summed E-state index contributed by atoms with van der Waals surface area (Å²) in [4.78, 5) is 23.3. The van der Waals surface area contributed by atoms with Crippen molar-refractivity contribution in [3.05, 3.63) is 35.9 Å². The van der Waals surface area contributed by atoms with Crippen LogP contribution in [0.1, 0.15) is 10.4 Å². The minimum atomic E-state index is -2.14. The van der Waals surface area contributed by atoms with Crippen molar-refractivity contribution < 1.29 is 35.1 Å². The lowest BCUT2D eigenvalue weighted by atomic mass is 10.0. The fraction of sp³-hybridized carbons (Fsp3) is 0.385. The molecule has 1 aromatic carbocycles. The van der Waals surface area contributed by atoms with E-state index < -0.39 is 42.8 Å². The third-order valence-corrected chi connectivity index (χ3v) is 2.80. The van der Waals surface area contributed by atoms with Crippen molar-refractivity contribution in [3.63, 3.8) is 0 Å². The molecule has 0 aliphatic heterocycles. The SMILES string of the molecule is O=C(NC(=O)C(O)C(O)C(O)C(O)CO)c1ccccc1. The summed E-state index contributed by atoms with van der Waals surface area (Å²) < 4.78 is 0. The Morgan fingerprint density at radius 2 is 1.57 bits per heavy atom. The molecule has 0 aliphatic rings. The minimum absolute atomic E-state index is 0.170. The molecule has 0 aliphatic carbocycles. The summed E-state index contributed by atoms with van der Waals surface area (Å²) >= 11 is 0. The van der Waals surface area contributed by atoms with Crippen LogP contribution >= 0.6 is 0 Å². The Balaban J connectivity index is 2.64. The third-order valence-electron chi connectivity index (χ3n) is 2.80. The van der Waals surface area contributed by atoms with E-state index in [0.29, 0.717) is 0 Å². The molecule has 0 saturated carbocycles. The Morgan fingerprint density at radius 1 is 1.00 bits per heavy atom. The summed E-state index contributed by atoms with van der Waals surface area (Å²) in [5.74, 6) is -2.02. The molecule has 0 heterocycles. The van der Waals surface area contributed by atoms with Crippen LogP contribution in [0, 0.1) is 0 Å². The number of carbonyl (C=O) groups excluding carboxylic acids is 2. The molecule has 0 aromatic heterocycles. The zero-order chi connectivity index (χ0) is 16.0. The minimum Gasteiger partial charge on any atom is -0.394 e. The zero-order valence-electron chi connectivity index (χ0n) is 11.0. The van der Waals surface area contributed by atoms with Crippen LogP contribution in [-0.4, -0.2) is 68.4 Å². The van der Waals surface area contributed by atoms with Crippen LogP contribution in [0.4, 0.5) is 0 Å². The Morgan fingerprint density at radius 3 is 2.10 bits per heavy atom. The summed E-state index contributed by atoms with van der Waals surface area (Å²) in [6, 6.07) is 7.70. The average Bonchev–Trinajstić information content (AvgIpc) is 2.52. The van der Waals surface area contributed by atoms with Crippen molar-refractivity contribution in [2.24, 2.45) is 0 Å². The van der Waals surface area contributed by atoms with Crippen LogP contribution in [0.25, 0.3) is 0 Å². The van der Waals surface area contributed by atoms with Gasteiger partial charge in [0.1, 0.15) is 18.3 Å². The zero-order valence-corrected chi connectivity index (χ0v) is 11.0. The topological polar surface area (TPSA) is 147 Å². The molecule has 8 nitrogen and oxygen atoms in total. The molecule has 0 radical (unpaired) electrons. The quantitative estimate of drug-likeness (QED) is 0.337. The normalized spacial score (nSPS) is 16.6. The second-order valence-electron chi connectivity index (χ2n) is 4.36. The first-order valence-electron chi connectivity index (χ1n) is 6.11. The highest BCUT2D eigenvalue weighted by molar-refractivity contribution is 6.05. The molecule has 4 atom stereocenters. The fourth-order valence-corrected chi connectivity index (χ4v) is 1.53. The Bertz CT molecular complexity index is 479. The van der Waals surface area contributed by atoms with E-state index in [2.05, 4.69) is 0 Å². The van der Waals surface area contributed by atoms with E-state index in [1.807, 2.05) is 5.32 Å². The predicted octanol–water partition coefficient (Wildman–Crippen LogP) is -2.62. The highest BCUT2D eigenvalue weighted by Gasteiger charge is 2.34. The second kappa shape index (κ2) is 7.81. The highest BCUT2D eigenvalue weighted by Crippen LogP contribution is 2.06. The van der Waals surface area contributed by atoms with E-state index in [1.54, 1.807) is 18.2 Å². The lowest BCUT2D eigenvalue weighted by Crippen LogP contribution is -2.52. The number of nitrogens with one attached hydrogen (secondary N) is 1. The first-order valence-corrected chi connectivity index (χ1v) is 6.11. The van der Waals surface area contributed by atoms with E-state index in [1.165, 1.54) is 12.1 Å². The molecule has 1 aromatic rings. The largest absolute Gasteiger partial charge is 0.394 e. The maximum Gasteiger partial charge on any atom is 0.258 e. The van der Waals surface area contributed by atoms with Gasteiger partial charge in [-0.3, -0.25) is 14.9 Å². The fourth-order valence-electron chi connectivity index (χ4n) is 1.53. The van der Waals surface area contributed by atoms with Crippen molar-refractivity contribution in [2.45, 2.75) is 24.4 Å². The standard InChI is InChI=1S/C13H17NO7/c15-6-8(16)9(17)10(18)11(19)13(21)14-12(20)7-4-2-1-3-5-7/h1-5,8-11,15-19H,6H2,(H,14,20,21). The third kappa shape index (κ3) is 4.59. The molecular formula is C13H17NO7. The van der Waals surface area contributed by atoms with Gasteiger partial charge in [-0.25, -0.2) is 0 Å². The van der Waals surface area contributed by atoms with Gasteiger partial charge in [-0.1, -0.05) is 18.2 Å². The summed E-state index contributed by atoms with van der Waals surface area (Å²) in [6.45, 7) is -0.866. The van der Waals surface area contributed by atoms with Crippen molar-refractivity contribution in [1.29, 1.82) is 0 Å². The van der Waals surface area contributed by atoms with Gasteiger partial charge >= 0.3 is 0 Å². The lowest BCUT2D eigenvalue weighted by molar-refractivity contribution is -0.148. The molecule has 6 N–H and O–H groups in total. The van der Waals surface area contributed by atoms with E-state index in [0.717, 1.165) is 0 Å². The summed E-state index contributed by atoms with van der Waals surface area (Å²) in [5, 5.41) is 48.0. The number of hydrogen-bond acceptors (Lipinski definition) is 7. The molecule has 116 valence electrons. The maximum absolute atomic E-state index is 11.7. The molecule has 0 spiro atoms. The molecule has 21 heavy (non-hydrogen) atoms. The summed E-state index contributed by atoms with van der Waals surface area (Å²) in [7, 11) is 0. The van der Waals surface area contributed by atoms with Gasteiger partial charge < -0.3 is 25.5 Å². The first-order chi connectivity index (χ1) is 9.88. The number of rotatable bonds is 6. The monoisotopic (exact) mass is 299 g/mol. The summed E-state index contributed by atoms with van der Waals surface area (Å²) in [6.07, 6.45) is -7.88. The number of imide groups is 1. The molecule has 2 amide bonds.